The number of hydrogen-bond acceptors (Lipinski definition) is 3. The van der Waals surface area contributed by atoms with Gasteiger partial charge in [0.2, 0.25) is 5.91 Å². The maximum absolute atomic E-state index is 12.3. The molecule has 1 aromatic carbocycles. The third-order valence-corrected chi connectivity index (χ3v) is 6.20. The molecule has 3 nitrogen and oxygen atoms in total. The minimum absolute atomic E-state index is 0.117. The predicted octanol–water partition coefficient (Wildman–Crippen LogP) is 3.72. The van der Waals surface area contributed by atoms with Crippen molar-refractivity contribution in [3.05, 3.63) is 35.1 Å². The average molecular weight is 329 g/mol. The highest BCUT2D eigenvalue weighted by Crippen LogP contribution is 2.30. The van der Waals surface area contributed by atoms with Crippen molar-refractivity contribution in [3.8, 4) is 0 Å². The Morgan fingerprint density at radius 2 is 2.00 bits per heavy atom. The monoisotopic (exact) mass is 329 g/mol. The maximum atomic E-state index is 12.3. The number of thioether (sulfide) groups is 1. The second-order valence-corrected chi connectivity index (χ2v) is 7.99. The van der Waals surface area contributed by atoms with Crippen LogP contribution in [0.15, 0.2) is 22.8 Å². The summed E-state index contributed by atoms with van der Waals surface area (Å²) in [5.74, 6) is 3.24. The Labute approximate surface area is 141 Å². The lowest BCUT2D eigenvalue weighted by Gasteiger charge is -2.21. The first kappa shape index (κ1) is 15.1. The predicted molar refractivity (Wildman–Crippen MR) is 95.0 cm³/mol. The smallest absolute Gasteiger partial charge is 0.224 e. The highest BCUT2D eigenvalue weighted by atomic mass is 32.2. The van der Waals surface area contributed by atoms with Crippen LogP contribution in [0.25, 0.3) is 11.0 Å². The highest BCUT2D eigenvalue weighted by Gasteiger charge is 2.18. The van der Waals surface area contributed by atoms with Gasteiger partial charge in [0.1, 0.15) is 5.58 Å². The van der Waals surface area contributed by atoms with Crippen molar-refractivity contribution in [2.45, 2.75) is 38.5 Å². The zero-order valence-electron chi connectivity index (χ0n) is 13.4. The van der Waals surface area contributed by atoms with Gasteiger partial charge in [-0.25, -0.2) is 0 Å². The molecule has 0 bridgehead atoms. The number of benzene rings is 1. The van der Waals surface area contributed by atoms with E-state index in [2.05, 4.69) is 17.4 Å². The minimum Gasteiger partial charge on any atom is -0.464 e. The molecule has 4 heteroatoms. The summed E-state index contributed by atoms with van der Waals surface area (Å²) in [4.78, 5) is 12.3. The topological polar surface area (TPSA) is 42.2 Å². The number of amides is 1. The first-order chi connectivity index (χ1) is 11.3. The molecule has 1 saturated heterocycles. The second kappa shape index (κ2) is 6.60. The molecule has 1 amide bonds. The molecule has 1 aliphatic carbocycles. The van der Waals surface area contributed by atoms with Crippen LogP contribution in [0, 0.1) is 5.92 Å². The third-order valence-electron chi connectivity index (χ3n) is 5.15. The second-order valence-electron chi connectivity index (χ2n) is 6.77. The molecule has 1 aromatic heterocycles. The Morgan fingerprint density at radius 1 is 1.22 bits per heavy atom. The van der Waals surface area contributed by atoms with Crippen LogP contribution in [0.2, 0.25) is 0 Å². The fourth-order valence-electron chi connectivity index (χ4n) is 3.73. The van der Waals surface area contributed by atoms with E-state index in [4.69, 9.17) is 4.42 Å². The van der Waals surface area contributed by atoms with Gasteiger partial charge in [-0.15, -0.1) is 0 Å². The van der Waals surface area contributed by atoms with Crippen LogP contribution >= 0.6 is 11.8 Å². The number of fused-ring (bicyclic) bond motifs is 2. The first-order valence-corrected chi connectivity index (χ1v) is 9.81. The van der Waals surface area contributed by atoms with Crippen molar-refractivity contribution in [2.24, 2.45) is 5.92 Å². The molecule has 0 radical (unpaired) electrons. The van der Waals surface area contributed by atoms with Gasteiger partial charge in [0.05, 0.1) is 12.7 Å². The molecular formula is C19H23NO2S. The number of carbonyl (C=O) groups is 1. The van der Waals surface area contributed by atoms with Crippen molar-refractivity contribution in [1.82, 2.24) is 5.32 Å². The SMILES string of the molecule is O=C(Cc1coc2cc3c(cc12)CCC3)NCC1CCSCC1. The number of furan rings is 1. The van der Waals surface area contributed by atoms with E-state index >= 15 is 0 Å². The van der Waals surface area contributed by atoms with Crippen molar-refractivity contribution in [2.75, 3.05) is 18.1 Å². The van der Waals surface area contributed by atoms with E-state index in [0.29, 0.717) is 12.3 Å². The summed E-state index contributed by atoms with van der Waals surface area (Å²) >= 11 is 2.02. The molecule has 0 atom stereocenters. The first-order valence-electron chi connectivity index (χ1n) is 8.66. The van der Waals surface area contributed by atoms with E-state index < -0.39 is 0 Å². The van der Waals surface area contributed by atoms with Crippen LogP contribution in [0.3, 0.4) is 0 Å². The molecule has 0 saturated carbocycles. The summed E-state index contributed by atoms with van der Waals surface area (Å²) < 4.78 is 5.69. The van der Waals surface area contributed by atoms with E-state index in [0.717, 1.165) is 35.9 Å². The Bertz CT molecular complexity index is 715. The average Bonchev–Trinajstić information content (AvgIpc) is 3.19. The Morgan fingerprint density at radius 3 is 2.83 bits per heavy atom. The molecule has 2 aliphatic rings. The van der Waals surface area contributed by atoms with Crippen molar-refractivity contribution in [3.63, 3.8) is 0 Å². The molecule has 1 N–H and O–H groups in total. The number of carbonyl (C=O) groups excluding carboxylic acids is 1. The van der Waals surface area contributed by atoms with Gasteiger partial charge in [-0.3, -0.25) is 4.79 Å². The Hall–Kier alpha value is -1.42. The van der Waals surface area contributed by atoms with Crippen molar-refractivity contribution >= 4 is 28.6 Å². The van der Waals surface area contributed by atoms with Gasteiger partial charge in [0.15, 0.2) is 0 Å². The summed E-state index contributed by atoms with van der Waals surface area (Å²) in [7, 11) is 0. The fourth-order valence-corrected chi connectivity index (χ4v) is 4.93. The maximum Gasteiger partial charge on any atom is 0.224 e. The van der Waals surface area contributed by atoms with Gasteiger partial charge < -0.3 is 9.73 Å². The molecule has 2 aromatic rings. The van der Waals surface area contributed by atoms with Crippen LogP contribution in [-0.4, -0.2) is 24.0 Å². The van der Waals surface area contributed by atoms with E-state index in [1.807, 2.05) is 11.8 Å². The molecule has 122 valence electrons. The molecule has 23 heavy (non-hydrogen) atoms. The summed E-state index contributed by atoms with van der Waals surface area (Å²) in [6.45, 7) is 0.824. The minimum atomic E-state index is 0.117. The van der Waals surface area contributed by atoms with Gasteiger partial charge in [0.25, 0.3) is 0 Å². The van der Waals surface area contributed by atoms with Gasteiger partial charge in [-0.2, -0.15) is 11.8 Å². The van der Waals surface area contributed by atoms with E-state index in [1.54, 1.807) is 6.26 Å². The van der Waals surface area contributed by atoms with E-state index in [-0.39, 0.29) is 5.91 Å². The highest BCUT2D eigenvalue weighted by molar-refractivity contribution is 7.99. The van der Waals surface area contributed by atoms with Crippen molar-refractivity contribution in [1.29, 1.82) is 0 Å². The van der Waals surface area contributed by atoms with Crippen LogP contribution in [0.1, 0.15) is 36.0 Å². The van der Waals surface area contributed by atoms with Crippen LogP contribution in [0.5, 0.6) is 0 Å². The summed E-state index contributed by atoms with van der Waals surface area (Å²) in [6, 6.07) is 4.40. The summed E-state index contributed by atoms with van der Waals surface area (Å²) in [5, 5.41) is 4.24. The molecule has 1 fully saturated rings. The van der Waals surface area contributed by atoms with Gasteiger partial charge >= 0.3 is 0 Å². The van der Waals surface area contributed by atoms with E-state index in [1.165, 1.54) is 41.9 Å². The summed E-state index contributed by atoms with van der Waals surface area (Å²) in [5.41, 5.74) is 4.79. The lowest BCUT2D eigenvalue weighted by molar-refractivity contribution is -0.120. The van der Waals surface area contributed by atoms with E-state index in [9.17, 15) is 4.79 Å². The van der Waals surface area contributed by atoms with Gasteiger partial charge in [-0.05, 0) is 72.8 Å². The molecular weight excluding hydrogens is 306 g/mol. The van der Waals surface area contributed by atoms with Gasteiger partial charge in [0, 0.05) is 17.5 Å². The normalized spacial score (nSPS) is 18.3. The zero-order chi connectivity index (χ0) is 15.6. The van der Waals surface area contributed by atoms with Gasteiger partial charge in [-0.1, -0.05) is 0 Å². The number of nitrogens with one attached hydrogen (secondary N) is 1. The molecule has 2 heterocycles. The quantitative estimate of drug-likeness (QED) is 0.929. The Kier molecular flexibility index (Phi) is 4.34. The lowest BCUT2D eigenvalue weighted by Crippen LogP contribution is -2.31. The lowest BCUT2D eigenvalue weighted by atomic mass is 10.0. The zero-order valence-corrected chi connectivity index (χ0v) is 14.2. The molecule has 4 rings (SSSR count). The Balaban J connectivity index is 1.42. The third kappa shape index (κ3) is 3.27. The largest absolute Gasteiger partial charge is 0.464 e. The number of hydrogen-bond donors (Lipinski definition) is 1. The molecule has 1 aliphatic heterocycles. The molecule has 0 unspecified atom stereocenters. The van der Waals surface area contributed by atoms with Crippen LogP contribution in [-0.2, 0) is 24.1 Å². The van der Waals surface area contributed by atoms with Crippen LogP contribution < -0.4 is 5.32 Å². The standard InChI is InChI=1S/C19H23NO2S/c21-19(20-11-13-4-6-23-7-5-13)10-16-12-22-18-9-15-3-1-2-14(15)8-17(16)18/h8-9,12-13H,1-7,10-11H2,(H,20,21). The van der Waals surface area contributed by atoms with Crippen LogP contribution in [0.4, 0.5) is 0 Å². The number of aryl methyl sites for hydroxylation is 2. The van der Waals surface area contributed by atoms with Crippen molar-refractivity contribution < 1.29 is 9.21 Å². The summed E-state index contributed by atoms with van der Waals surface area (Å²) in [6.07, 6.45) is 8.18. The molecule has 0 spiro atoms. The number of rotatable bonds is 4. The fraction of sp³-hybridized carbons (Fsp3) is 0.526.